The summed E-state index contributed by atoms with van der Waals surface area (Å²) in [5, 5.41) is 15.5. The number of halogens is 2. The Bertz CT molecular complexity index is 1120. The number of aryl methyl sites for hydroxylation is 1. The molecule has 2 N–H and O–H groups in total. The molecule has 2 amide bonds. The highest BCUT2D eigenvalue weighted by atomic mass is 35.5. The number of nitrogens with zero attached hydrogens (tertiary/aromatic N) is 3. The van der Waals surface area contributed by atoms with Crippen molar-refractivity contribution in [3.63, 3.8) is 0 Å². The lowest BCUT2D eigenvalue weighted by Gasteiger charge is -2.48. The highest BCUT2D eigenvalue weighted by Gasteiger charge is 2.40. The van der Waals surface area contributed by atoms with Crippen LogP contribution in [-0.2, 0) is 10.4 Å². The van der Waals surface area contributed by atoms with E-state index in [4.69, 9.17) is 23.2 Å². The van der Waals surface area contributed by atoms with E-state index in [0.717, 1.165) is 37.2 Å². The maximum absolute atomic E-state index is 13.2. The molecule has 7 nitrogen and oxygen atoms in total. The highest BCUT2D eigenvalue weighted by molar-refractivity contribution is 6.34. The first kappa shape index (κ1) is 26.7. The van der Waals surface area contributed by atoms with Gasteiger partial charge in [0.1, 0.15) is 0 Å². The number of hydrogen-bond acceptors (Lipinski definition) is 5. The number of likely N-dealkylation sites (tertiary alicyclic amines) is 2. The summed E-state index contributed by atoms with van der Waals surface area (Å²) in [6, 6.07) is 11.5. The normalized spacial score (nSPS) is 18.9. The molecule has 9 heteroatoms. The molecule has 2 aromatic carbocycles. The predicted molar refractivity (Wildman–Crippen MR) is 144 cm³/mol. The summed E-state index contributed by atoms with van der Waals surface area (Å²) >= 11 is 12.5. The molecule has 0 aliphatic carbocycles. The van der Waals surface area contributed by atoms with Crippen molar-refractivity contribution in [1.29, 1.82) is 0 Å². The van der Waals surface area contributed by atoms with Gasteiger partial charge >= 0.3 is 0 Å². The van der Waals surface area contributed by atoms with Crippen LogP contribution in [0, 0.1) is 6.92 Å². The number of carbonyl (C=O) groups excluding carboxylic acids is 2. The van der Waals surface area contributed by atoms with Crippen LogP contribution in [0.25, 0.3) is 0 Å². The monoisotopic (exact) mass is 532 g/mol. The van der Waals surface area contributed by atoms with Gasteiger partial charge in [0.15, 0.2) is 5.60 Å². The van der Waals surface area contributed by atoms with E-state index in [-0.39, 0.29) is 11.8 Å². The Morgan fingerprint density at radius 1 is 1.08 bits per heavy atom. The standard InChI is InChI=1S/C27H34Cl2N4O3/c1-17-11-18(13-19(28)12-17)27(2,36)26(35)32-9-7-22(8-10-32)33-15-21(16-33)30-20-5-6-23(24(29)14-20)25(34)31(3)4/h5-6,11-14,21-22,30,36H,7-10,15-16H2,1-4H3/t27-/m1/s1. The van der Waals surface area contributed by atoms with Gasteiger partial charge in [-0.1, -0.05) is 29.3 Å². The topological polar surface area (TPSA) is 76.1 Å². The van der Waals surface area contributed by atoms with E-state index in [0.29, 0.717) is 46.3 Å². The number of hydrogen-bond donors (Lipinski definition) is 2. The second kappa shape index (κ2) is 10.6. The largest absolute Gasteiger partial charge is 0.380 e. The van der Waals surface area contributed by atoms with Crippen LogP contribution in [0.2, 0.25) is 10.0 Å². The van der Waals surface area contributed by atoms with Crippen molar-refractivity contribution in [2.75, 3.05) is 45.6 Å². The molecule has 4 rings (SSSR count). The molecular weight excluding hydrogens is 499 g/mol. The fraction of sp³-hybridized carbons (Fsp3) is 0.481. The smallest absolute Gasteiger partial charge is 0.258 e. The van der Waals surface area contributed by atoms with Crippen LogP contribution in [0.1, 0.15) is 41.3 Å². The van der Waals surface area contributed by atoms with Crippen LogP contribution in [0.15, 0.2) is 36.4 Å². The van der Waals surface area contributed by atoms with Gasteiger partial charge in [-0.2, -0.15) is 0 Å². The Morgan fingerprint density at radius 2 is 1.75 bits per heavy atom. The molecule has 2 fully saturated rings. The number of nitrogens with one attached hydrogen (secondary N) is 1. The van der Waals surface area contributed by atoms with Crippen LogP contribution >= 0.6 is 23.2 Å². The summed E-state index contributed by atoms with van der Waals surface area (Å²) in [4.78, 5) is 31.0. The quantitative estimate of drug-likeness (QED) is 0.588. The first-order valence-corrected chi connectivity index (χ1v) is 13.0. The second-order valence-electron chi connectivity index (χ2n) is 10.3. The molecule has 2 aliphatic rings. The Kier molecular flexibility index (Phi) is 7.86. The molecule has 0 spiro atoms. The summed E-state index contributed by atoms with van der Waals surface area (Å²) < 4.78 is 0. The van der Waals surface area contributed by atoms with Gasteiger partial charge in [-0.3, -0.25) is 14.5 Å². The van der Waals surface area contributed by atoms with Gasteiger partial charge in [-0.25, -0.2) is 0 Å². The lowest BCUT2D eigenvalue weighted by Crippen LogP contribution is -2.61. The molecule has 36 heavy (non-hydrogen) atoms. The van der Waals surface area contributed by atoms with E-state index >= 15 is 0 Å². The minimum atomic E-state index is -1.61. The SMILES string of the molecule is Cc1cc(Cl)cc([C@@](C)(O)C(=O)N2CCC(N3CC(Nc4ccc(C(=O)N(C)C)c(Cl)c4)C3)CC2)c1. The third-order valence-corrected chi connectivity index (χ3v) is 7.71. The van der Waals surface area contributed by atoms with E-state index in [2.05, 4.69) is 10.2 Å². The Labute approximate surface area is 223 Å². The van der Waals surface area contributed by atoms with E-state index in [1.165, 1.54) is 4.90 Å². The fourth-order valence-electron chi connectivity index (χ4n) is 5.04. The number of amides is 2. The van der Waals surface area contributed by atoms with Gasteiger partial charge in [0.25, 0.3) is 11.8 Å². The molecule has 0 aromatic heterocycles. The zero-order chi connectivity index (χ0) is 26.2. The van der Waals surface area contributed by atoms with Gasteiger partial charge in [0.05, 0.1) is 16.6 Å². The van der Waals surface area contributed by atoms with Crippen LogP contribution < -0.4 is 5.32 Å². The predicted octanol–water partition coefficient (Wildman–Crippen LogP) is 4.00. The maximum Gasteiger partial charge on any atom is 0.258 e. The van der Waals surface area contributed by atoms with Crippen molar-refractivity contribution in [1.82, 2.24) is 14.7 Å². The van der Waals surface area contributed by atoms with Crippen LogP contribution in [0.3, 0.4) is 0 Å². The molecule has 194 valence electrons. The van der Waals surface area contributed by atoms with Crippen LogP contribution in [0.5, 0.6) is 0 Å². The highest BCUT2D eigenvalue weighted by Crippen LogP contribution is 2.30. The number of piperidine rings is 1. The molecule has 2 saturated heterocycles. The molecule has 0 unspecified atom stereocenters. The average Bonchev–Trinajstić information content (AvgIpc) is 2.79. The summed E-state index contributed by atoms with van der Waals surface area (Å²) in [5.74, 6) is -0.394. The van der Waals surface area contributed by atoms with Crippen molar-refractivity contribution >= 4 is 40.7 Å². The summed E-state index contributed by atoms with van der Waals surface area (Å²) in [6.45, 7) is 6.50. The molecular formula is C27H34Cl2N4O3. The number of carbonyl (C=O) groups is 2. The Balaban J connectivity index is 1.27. The van der Waals surface area contributed by atoms with Crippen molar-refractivity contribution in [2.45, 2.75) is 44.4 Å². The van der Waals surface area contributed by atoms with Crippen molar-refractivity contribution < 1.29 is 14.7 Å². The van der Waals surface area contributed by atoms with Crippen LogP contribution in [0.4, 0.5) is 5.69 Å². The zero-order valence-corrected chi connectivity index (χ0v) is 22.7. The Morgan fingerprint density at radius 3 is 2.33 bits per heavy atom. The summed E-state index contributed by atoms with van der Waals surface area (Å²) in [7, 11) is 3.41. The minimum absolute atomic E-state index is 0.115. The second-order valence-corrected chi connectivity index (χ2v) is 11.1. The number of anilines is 1. The van der Waals surface area contributed by atoms with Crippen molar-refractivity contribution in [3.05, 3.63) is 63.1 Å². The fourth-order valence-corrected chi connectivity index (χ4v) is 5.59. The van der Waals surface area contributed by atoms with E-state index in [9.17, 15) is 14.7 Å². The lowest BCUT2D eigenvalue weighted by atomic mass is 9.91. The number of rotatable bonds is 6. The minimum Gasteiger partial charge on any atom is -0.380 e. The van der Waals surface area contributed by atoms with Gasteiger partial charge < -0.3 is 20.2 Å². The van der Waals surface area contributed by atoms with Crippen molar-refractivity contribution in [3.8, 4) is 0 Å². The van der Waals surface area contributed by atoms with E-state index < -0.39 is 5.60 Å². The van der Waals surface area contributed by atoms with Gasteiger partial charge in [0, 0.05) is 57.0 Å². The summed E-state index contributed by atoms with van der Waals surface area (Å²) in [6.07, 6.45) is 1.74. The third-order valence-electron chi connectivity index (χ3n) is 7.18. The number of aliphatic hydroxyl groups is 1. The average molecular weight is 534 g/mol. The van der Waals surface area contributed by atoms with Crippen molar-refractivity contribution in [2.24, 2.45) is 0 Å². The van der Waals surface area contributed by atoms with E-state index in [1.807, 2.05) is 25.1 Å². The van der Waals surface area contributed by atoms with Gasteiger partial charge in [0.2, 0.25) is 0 Å². The molecule has 0 saturated carbocycles. The molecule has 0 bridgehead atoms. The molecule has 1 atom stereocenters. The maximum atomic E-state index is 13.2. The molecule has 2 aliphatic heterocycles. The lowest BCUT2D eigenvalue weighted by molar-refractivity contribution is -0.152. The first-order chi connectivity index (χ1) is 17.0. The molecule has 2 aromatic rings. The summed E-state index contributed by atoms with van der Waals surface area (Å²) in [5.41, 5.74) is 1.22. The zero-order valence-electron chi connectivity index (χ0n) is 21.2. The first-order valence-electron chi connectivity index (χ1n) is 12.3. The van der Waals surface area contributed by atoms with Gasteiger partial charge in [-0.15, -0.1) is 0 Å². The van der Waals surface area contributed by atoms with Gasteiger partial charge in [-0.05, 0) is 68.1 Å². The molecule has 2 heterocycles. The number of benzene rings is 2. The Hall–Kier alpha value is -2.32. The third kappa shape index (κ3) is 5.65. The van der Waals surface area contributed by atoms with E-state index in [1.54, 1.807) is 44.1 Å². The molecule has 0 radical (unpaired) electrons. The van der Waals surface area contributed by atoms with Crippen LogP contribution in [-0.4, -0.2) is 84.0 Å².